The Kier molecular flexibility index (Phi) is 3.09. The molecule has 0 nitrogen and oxygen atoms in total. The molecule has 0 radical (unpaired) electrons. The molecule has 1 aliphatic carbocycles. The summed E-state index contributed by atoms with van der Waals surface area (Å²) < 4.78 is 0. The molecule has 0 saturated heterocycles. The minimum absolute atomic E-state index is 0.222. The van der Waals surface area contributed by atoms with Crippen molar-refractivity contribution in [2.75, 3.05) is 0 Å². The molecule has 1 aromatic carbocycles. The monoisotopic (exact) mass is 210 g/mol. The third-order valence-electron chi connectivity index (χ3n) is 3.11. The van der Waals surface area contributed by atoms with Crippen LogP contribution in [0.15, 0.2) is 60.7 Å². The lowest BCUT2D eigenvalue weighted by Crippen LogP contribution is -2.19. The highest BCUT2D eigenvalue weighted by molar-refractivity contribution is 5.50. The van der Waals surface area contributed by atoms with E-state index in [4.69, 9.17) is 0 Å². The van der Waals surface area contributed by atoms with Crippen LogP contribution in [0.1, 0.15) is 19.4 Å². The van der Waals surface area contributed by atoms with Crippen LogP contribution in [0, 0.1) is 11.3 Å². The van der Waals surface area contributed by atoms with Crippen LogP contribution in [-0.4, -0.2) is 0 Å². The summed E-state index contributed by atoms with van der Waals surface area (Å²) in [5.74, 6) is 0.484. The average molecular weight is 210 g/mol. The smallest absolute Gasteiger partial charge is 0.00389 e. The minimum Gasteiger partial charge on any atom is -0.0780 e. The van der Waals surface area contributed by atoms with Gasteiger partial charge in [-0.1, -0.05) is 80.6 Å². The van der Waals surface area contributed by atoms with E-state index in [1.165, 1.54) is 5.56 Å². The van der Waals surface area contributed by atoms with Gasteiger partial charge in [0.1, 0.15) is 0 Å². The van der Waals surface area contributed by atoms with Crippen molar-refractivity contribution in [3.8, 4) is 0 Å². The molecule has 0 aliphatic heterocycles. The highest BCUT2D eigenvalue weighted by Crippen LogP contribution is 2.33. The molecular formula is C16H18. The predicted octanol–water partition coefficient (Wildman–Crippen LogP) is 4.47. The Balaban J connectivity index is 2.13. The van der Waals surface area contributed by atoms with E-state index in [0.29, 0.717) is 5.92 Å². The molecule has 82 valence electrons. The highest BCUT2D eigenvalue weighted by atomic mass is 14.3. The van der Waals surface area contributed by atoms with E-state index >= 15 is 0 Å². The van der Waals surface area contributed by atoms with Gasteiger partial charge in [-0.05, 0) is 11.0 Å². The van der Waals surface area contributed by atoms with Gasteiger partial charge >= 0.3 is 0 Å². The third-order valence-corrected chi connectivity index (χ3v) is 3.11. The molecule has 1 aliphatic rings. The Morgan fingerprint density at radius 1 is 1.06 bits per heavy atom. The van der Waals surface area contributed by atoms with Crippen LogP contribution in [0.25, 0.3) is 6.08 Å². The van der Waals surface area contributed by atoms with Crippen molar-refractivity contribution in [3.05, 3.63) is 66.3 Å². The maximum atomic E-state index is 2.29. The molecule has 1 atom stereocenters. The molecule has 0 heterocycles. The average Bonchev–Trinajstić information content (AvgIpc) is 2.28. The minimum atomic E-state index is 0.222. The zero-order valence-corrected chi connectivity index (χ0v) is 9.93. The van der Waals surface area contributed by atoms with Crippen LogP contribution < -0.4 is 0 Å². The normalized spacial score (nSPS) is 22.8. The summed E-state index contributed by atoms with van der Waals surface area (Å²) in [6.45, 7) is 4.54. The first-order valence-corrected chi connectivity index (χ1v) is 5.78. The van der Waals surface area contributed by atoms with Crippen LogP contribution in [-0.2, 0) is 0 Å². The molecular weight excluding hydrogens is 192 g/mol. The maximum Gasteiger partial charge on any atom is 0.00389 e. The van der Waals surface area contributed by atoms with Crippen LogP contribution in [0.2, 0.25) is 0 Å². The number of hydrogen-bond donors (Lipinski definition) is 0. The molecule has 0 amide bonds. The number of rotatable bonds is 2. The van der Waals surface area contributed by atoms with Gasteiger partial charge in [-0.25, -0.2) is 0 Å². The summed E-state index contributed by atoms with van der Waals surface area (Å²) in [6.07, 6.45) is 13.3. The van der Waals surface area contributed by atoms with E-state index in [1.54, 1.807) is 0 Å². The fourth-order valence-corrected chi connectivity index (χ4v) is 1.94. The first kappa shape index (κ1) is 10.9. The molecule has 0 heteroatoms. The number of allylic oxidation sites excluding steroid dienone is 5. The second-order valence-corrected chi connectivity index (χ2v) is 4.86. The second-order valence-electron chi connectivity index (χ2n) is 4.86. The Morgan fingerprint density at radius 2 is 1.81 bits per heavy atom. The third kappa shape index (κ3) is 2.52. The summed E-state index contributed by atoms with van der Waals surface area (Å²) in [6, 6.07) is 10.4. The van der Waals surface area contributed by atoms with Crippen molar-refractivity contribution in [2.45, 2.75) is 13.8 Å². The van der Waals surface area contributed by atoms with Gasteiger partial charge in [0.2, 0.25) is 0 Å². The van der Waals surface area contributed by atoms with Crippen molar-refractivity contribution < 1.29 is 0 Å². The standard InChI is InChI=1S/C16H18/c1-16(2)13-7-6-10-15(16)12-11-14-8-4-3-5-9-14/h3-13,15H,1-2H3/b12-11+. The molecule has 16 heavy (non-hydrogen) atoms. The van der Waals surface area contributed by atoms with Crippen molar-refractivity contribution in [3.63, 3.8) is 0 Å². The summed E-state index contributed by atoms with van der Waals surface area (Å²) in [5.41, 5.74) is 1.49. The zero-order chi connectivity index (χ0) is 11.4. The number of hydrogen-bond acceptors (Lipinski definition) is 0. The Bertz CT molecular complexity index is 419. The summed E-state index contributed by atoms with van der Waals surface area (Å²) in [5, 5.41) is 0. The van der Waals surface area contributed by atoms with Crippen LogP contribution >= 0.6 is 0 Å². The van der Waals surface area contributed by atoms with Gasteiger partial charge in [-0.2, -0.15) is 0 Å². The van der Waals surface area contributed by atoms with Crippen LogP contribution in [0.5, 0.6) is 0 Å². The first-order valence-electron chi connectivity index (χ1n) is 5.78. The lowest BCUT2D eigenvalue weighted by Gasteiger charge is -2.29. The van der Waals surface area contributed by atoms with Crippen molar-refractivity contribution >= 4 is 6.08 Å². The molecule has 0 bridgehead atoms. The Morgan fingerprint density at radius 3 is 2.50 bits per heavy atom. The number of benzene rings is 1. The SMILES string of the molecule is CC1(C)C=CC=CC1/C=C/c1ccccc1. The quantitative estimate of drug-likeness (QED) is 0.675. The lowest BCUT2D eigenvalue weighted by atomic mass is 9.76. The van der Waals surface area contributed by atoms with Gasteiger partial charge in [-0.3, -0.25) is 0 Å². The molecule has 2 rings (SSSR count). The van der Waals surface area contributed by atoms with E-state index < -0.39 is 0 Å². The van der Waals surface area contributed by atoms with E-state index in [9.17, 15) is 0 Å². The van der Waals surface area contributed by atoms with Crippen LogP contribution in [0.3, 0.4) is 0 Å². The maximum absolute atomic E-state index is 2.29. The van der Waals surface area contributed by atoms with Gasteiger partial charge in [0.05, 0.1) is 0 Å². The first-order chi connectivity index (χ1) is 7.68. The van der Waals surface area contributed by atoms with Gasteiger partial charge in [0, 0.05) is 5.92 Å². The Labute approximate surface area is 98.0 Å². The summed E-state index contributed by atoms with van der Waals surface area (Å²) in [4.78, 5) is 0. The fourth-order valence-electron chi connectivity index (χ4n) is 1.94. The van der Waals surface area contributed by atoms with E-state index in [2.05, 4.69) is 74.6 Å². The summed E-state index contributed by atoms with van der Waals surface area (Å²) >= 11 is 0. The fraction of sp³-hybridized carbons (Fsp3) is 0.250. The van der Waals surface area contributed by atoms with Gasteiger partial charge in [0.25, 0.3) is 0 Å². The van der Waals surface area contributed by atoms with Crippen LogP contribution in [0.4, 0.5) is 0 Å². The molecule has 0 N–H and O–H groups in total. The van der Waals surface area contributed by atoms with Crippen molar-refractivity contribution in [1.29, 1.82) is 0 Å². The van der Waals surface area contributed by atoms with Crippen molar-refractivity contribution in [1.82, 2.24) is 0 Å². The second kappa shape index (κ2) is 4.52. The molecule has 1 unspecified atom stereocenters. The van der Waals surface area contributed by atoms with Gasteiger partial charge in [0.15, 0.2) is 0 Å². The zero-order valence-electron chi connectivity index (χ0n) is 9.93. The van der Waals surface area contributed by atoms with E-state index in [1.807, 2.05) is 6.07 Å². The molecule has 1 aromatic rings. The molecule has 0 aromatic heterocycles. The van der Waals surface area contributed by atoms with Gasteiger partial charge in [-0.15, -0.1) is 0 Å². The predicted molar refractivity (Wildman–Crippen MR) is 71.0 cm³/mol. The Hall–Kier alpha value is -1.56. The molecule has 0 saturated carbocycles. The van der Waals surface area contributed by atoms with Gasteiger partial charge < -0.3 is 0 Å². The molecule has 0 fully saturated rings. The lowest BCUT2D eigenvalue weighted by molar-refractivity contribution is 0.398. The van der Waals surface area contributed by atoms with E-state index in [0.717, 1.165) is 0 Å². The van der Waals surface area contributed by atoms with E-state index in [-0.39, 0.29) is 5.41 Å². The van der Waals surface area contributed by atoms with Crippen molar-refractivity contribution in [2.24, 2.45) is 11.3 Å². The molecule has 0 spiro atoms. The summed E-state index contributed by atoms with van der Waals surface area (Å²) in [7, 11) is 0. The topological polar surface area (TPSA) is 0 Å². The highest BCUT2D eigenvalue weighted by Gasteiger charge is 2.23. The largest absolute Gasteiger partial charge is 0.0780 e.